The van der Waals surface area contributed by atoms with Gasteiger partial charge in [0.25, 0.3) is 5.12 Å². The van der Waals surface area contributed by atoms with Gasteiger partial charge in [0.2, 0.25) is 0 Å². The molecule has 0 aromatic carbocycles. The summed E-state index contributed by atoms with van der Waals surface area (Å²) in [5.41, 5.74) is 0. The molecule has 0 aliphatic rings. The van der Waals surface area contributed by atoms with Crippen LogP contribution in [-0.2, 0) is 19.1 Å². The molecule has 0 atom stereocenters. The SMILES string of the molecule is C=CC(=O)S(=O)(=O)OC. The largest absolute Gasteiger partial charge is 0.335 e. The molecule has 0 fully saturated rings. The molecule has 5 heteroatoms. The lowest BCUT2D eigenvalue weighted by Gasteiger charge is -1.91. The van der Waals surface area contributed by atoms with Crippen LogP contribution in [0.15, 0.2) is 12.7 Å². The van der Waals surface area contributed by atoms with Crippen molar-refractivity contribution < 1.29 is 17.4 Å². The lowest BCUT2D eigenvalue weighted by molar-refractivity contribution is -0.108. The molecule has 0 spiro atoms. The first-order chi connectivity index (χ1) is 4.04. The summed E-state index contributed by atoms with van der Waals surface area (Å²) < 4.78 is 24.4. The molecule has 0 unspecified atom stereocenters. The highest BCUT2D eigenvalue weighted by molar-refractivity contribution is 8.02. The van der Waals surface area contributed by atoms with Crippen LogP contribution in [0.2, 0.25) is 0 Å². The topological polar surface area (TPSA) is 60.4 Å². The maximum absolute atomic E-state index is 10.3. The van der Waals surface area contributed by atoms with Crippen molar-refractivity contribution in [2.75, 3.05) is 7.11 Å². The van der Waals surface area contributed by atoms with E-state index in [1.165, 1.54) is 0 Å². The zero-order chi connectivity index (χ0) is 7.49. The molecule has 0 aromatic heterocycles. The van der Waals surface area contributed by atoms with E-state index in [9.17, 15) is 13.2 Å². The Balaban J connectivity index is 4.56. The fraction of sp³-hybridized carbons (Fsp3) is 0.250. The summed E-state index contributed by atoms with van der Waals surface area (Å²) in [6, 6.07) is 0. The molecule has 0 N–H and O–H groups in total. The summed E-state index contributed by atoms with van der Waals surface area (Å²) in [4.78, 5) is 10.2. The monoisotopic (exact) mass is 150 g/mol. The van der Waals surface area contributed by atoms with Gasteiger partial charge < -0.3 is 0 Å². The minimum atomic E-state index is -4.01. The van der Waals surface area contributed by atoms with Gasteiger partial charge in [0, 0.05) is 0 Å². The van der Waals surface area contributed by atoms with E-state index < -0.39 is 15.2 Å². The van der Waals surface area contributed by atoms with Crippen molar-refractivity contribution >= 4 is 15.2 Å². The fourth-order valence-electron chi connectivity index (χ4n) is 0.184. The summed E-state index contributed by atoms with van der Waals surface area (Å²) in [5.74, 6) is 0. The number of hydrogen-bond acceptors (Lipinski definition) is 4. The van der Waals surface area contributed by atoms with E-state index in [2.05, 4.69) is 10.8 Å². The van der Waals surface area contributed by atoms with Gasteiger partial charge >= 0.3 is 10.1 Å². The van der Waals surface area contributed by atoms with Crippen LogP contribution in [0.4, 0.5) is 0 Å². The van der Waals surface area contributed by atoms with Crippen molar-refractivity contribution in [2.45, 2.75) is 0 Å². The lowest BCUT2D eigenvalue weighted by Crippen LogP contribution is -2.12. The van der Waals surface area contributed by atoms with Gasteiger partial charge in [-0.1, -0.05) is 6.58 Å². The average molecular weight is 150 g/mol. The highest BCUT2D eigenvalue weighted by atomic mass is 32.2. The summed E-state index contributed by atoms with van der Waals surface area (Å²) in [6.07, 6.45) is 0.679. The zero-order valence-electron chi connectivity index (χ0n) is 4.83. The maximum Gasteiger partial charge on any atom is 0.335 e. The number of carbonyl (C=O) groups is 1. The second-order valence-electron chi connectivity index (χ2n) is 1.14. The minimum absolute atomic E-state index is 0.679. The first-order valence-corrected chi connectivity index (χ1v) is 3.42. The van der Waals surface area contributed by atoms with Crippen LogP contribution >= 0.6 is 0 Å². The Labute approximate surface area is 53.3 Å². The zero-order valence-corrected chi connectivity index (χ0v) is 5.64. The normalized spacial score (nSPS) is 10.8. The van der Waals surface area contributed by atoms with E-state index >= 15 is 0 Å². The molecule has 0 radical (unpaired) electrons. The van der Waals surface area contributed by atoms with Crippen molar-refractivity contribution in [2.24, 2.45) is 0 Å². The summed E-state index contributed by atoms with van der Waals surface area (Å²) in [6.45, 7) is 2.97. The number of rotatable bonds is 2. The average Bonchev–Trinajstić information content (AvgIpc) is 1.86. The Bertz CT molecular complexity index is 213. The van der Waals surface area contributed by atoms with E-state index in [0.29, 0.717) is 6.08 Å². The molecule has 0 saturated carbocycles. The Morgan fingerprint density at radius 3 is 2.22 bits per heavy atom. The molecule has 0 saturated heterocycles. The molecule has 0 amide bonds. The second-order valence-corrected chi connectivity index (χ2v) is 2.79. The maximum atomic E-state index is 10.3. The Morgan fingerprint density at radius 2 is 2.11 bits per heavy atom. The van der Waals surface area contributed by atoms with Crippen LogP contribution in [-0.4, -0.2) is 20.6 Å². The van der Waals surface area contributed by atoms with E-state index in [0.717, 1.165) is 7.11 Å². The van der Waals surface area contributed by atoms with Gasteiger partial charge in [0.1, 0.15) is 0 Å². The lowest BCUT2D eigenvalue weighted by atomic mass is 10.7. The number of carbonyl (C=O) groups excluding carboxylic acids is 1. The van der Waals surface area contributed by atoms with Crippen LogP contribution in [0.25, 0.3) is 0 Å². The summed E-state index contributed by atoms with van der Waals surface area (Å²) in [7, 11) is -3.09. The van der Waals surface area contributed by atoms with Crippen LogP contribution < -0.4 is 0 Å². The highest BCUT2D eigenvalue weighted by Crippen LogP contribution is 1.91. The predicted octanol–water partition coefficient (Wildman–Crippen LogP) is -0.325. The van der Waals surface area contributed by atoms with Gasteiger partial charge in [-0.15, -0.1) is 0 Å². The predicted molar refractivity (Wildman–Crippen MR) is 31.1 cm³/mol. The van der Waals surface area contributed by atoms with Crippen LogP contribution in [0, 0.1) is 0 Å². The quantitative estimate of drug-likeness (QED) is 0.399. The van der Waals surface area contributed by atoms with Gasteiger partial charge in [0.05, 0.1) is 7.11 Å². The van der Waals surface area contributed by atoms with Crippen LogP contribution in [0.1, 0.15) is 0 Å². The molecular weight excluding hydrogens is 144 g/mol. The van der Waals surface area contributed by atoms with E-state index in [1.807, 2.05) is 0 Å². The molecule has 0 bridgehead atoms. The van der Waals surface area contributed by atoms with E-state index in [-0.39, 0.29) is 0 Å². The summed E-state index contributed by atoms with van der Waals surface area (Å²) in [5, 5.41) is -1.12. The third kappa shape index (κ3) is 1.95. The third-order valence-corrected chi connectivity index (χ3v) is 1.73. The fourth-order valence-corrected chi connectivity index (χ4v) is 0.553. The van der Waals surface area contributed by atoms with E-state index in [4.69, 9.17) is 0 Å². The Morgan fingerprint density at radius 1 is 1.67 bits per heavy atom. The van der Waals surface area contributed by atoms with Crippen molar-refractivity contribution in [1.29, 1.82) is 0 Å². The molecule has 0 aromatic rings. The first-order valence-electron chi connectivity index (χ1n) is 2.01. The minimum Gasteiger partial charge on any atom is -0.274 e. The molecule has 9 heavy (non-hydrogen) atoms. The smallest absolute Gasteiger partial charge is 0.274 e. The molecule has 0 rings (SSSR count). The molecule has 52 valence electrons. The number of hydrogen-bond donors (Lipinski definition) is 0. The van der Waals surface area contributed by atoms with Gasteiger partial charge in [0.15, 0.2) is 0 Å². The van der Waals surface area contributed by atoms with Crippen molar-refractivity contribution in [1.82, 2.24) is 0 Å². The van der Waals surface area contributed by atoms with Crippen molar-refractivity contribution in [3.63, 3.8) is 0 Å². The van der Waals surface area contributed by atoms with Crippen molar-refractivity contribution in [3.8, 4) is 0 Å². The van der Waals surface area contributed by atoms with Crippen LogP contribution in [0.5, 0.6) is 0 Å². The molecule has 0 heterocycles. The second kappa shape index (κ2) is 2.75. The molecular formula is C4H6O4S. The van der Waals surface area contributed by atoms with Crippen LogP contribution in [0.3, 0.4) is 0 Å². The molecule has 4 nitrogen and oxygen atoms in total. The van der Waals surface area contributed by atoms with Gasteiger partial charge in [-0.3, -0.25) is 8.98 Å². The third-order valence-electron chi connectivity index (χ3n) is 0.632. The highest BCUT2D eigenvalue weighted by Gasteiger charge is 2.16. The van der Waals surface area contributed by atoms with Crippen molar-refractivity contribution in [3.05, 3.63) is 12.7 Å². The molecule has 0 aliphatic carbocycles. The Kier molecular flexibility index (Phi) is 2.54. The molecule has 0 aliphatic heterocycles. The first kappa shape index (κ1) is 8.32. The van der Waals surface area contributed by atoms with Gasteiger partial charge in [-0.25, -0.2) is 0 Å². The van der Waals surface area contributed by atoms with E-state index in [1.54, 1.807) is 0 Å². The summed E-state index contributed by atoms with van der Waals surface area (Å²) >= 11 is 0. The standard InChI is InChI=1S/C4H6O4S/c1-3-4(5)9(6,7)8-2/h3H,1H2,2H3. The Hall–Kier alpha value is -0.680. The van der Waals surface area contributed by atoms with Gasteiger partial charge in [-0.2, -0.15) is 8.42 Å². The van der Waals surface area contributed by atoms with Gasteiger partial charge in [-0.05, 0) is 6.08 Å².